The molecular weight excluding hydrogens is 440 g/mol. The first-order valence-electron chi connectivity index (χ1n) is 11.4. The van der Waals surface area contributed by atoms with Crippen LogP contribution in [0.4, 0.5) is 5.69 Å². The molecule has 0 bridgehead atoms. The Morgan fingerprint density at radius 1 is 1.15 bits per heavy atom. The van der Waals surface area contributed by atoms with Gasteiger partial charge in [0.2, 0.25) is 15.9 Å². The van der Waals surface area contributed by atoms with Crippen LogP contribution in [0.1, 0.15) is 58.1 Å². The number of sulfonamides is 1. The second-order valence-electron chi connectivity index (χ2n) is 8.48. The standard InChI is InChI=1S/C25H34N2O5S/c1-6-22(27(33(5,29)30)18-13-15-19(31-4)16-14-18)24(28)26-21-17-25(7-2,8-3)32-23-12-10-9-11-20(21)23/h9-16,21-22H,6-8,17H2,1-5H3,(H,26,28)/t21-,22+/m1/s1. The number of methoxy groups -OCH3 is 1. The van der Waals surface area contributed by atoms with Crippen LogP contribution in [0.15, 0.2) is 48.5 Å². The summed E-state index contributed by atoms with van der Waals surface area (Å²) in [5.74, 6) is 1.04. The van der Waals surface area contributed by atoms with E-state index in [9.17, 15) is 13.2 Å². The van der Waals surface area contributed by atoms with Gasteiger partial charge in [-0.05, 0) is 49.6 Å². The first kappa shape index (κ1) is 24.9. The number of para-hydroxylation sites is 1. The Hall–Kier alpha value is -2.74. The molecule has 0 aliphatic carbocycles. The maximum Gasteiger partial charge on any atom is 0.244 e. The third-order valence-electron chi connectivity index (χ3n) is 6.46. The molecule has 1 aliphatic heterocycles. The Balaban J connectivity index is 1.94. The van der Waals surface area contributed by atoms with Crippen LogP contribution < -0.4 is 19.1 Å². The third kappa shape index (κ3) is 5.27. The number of hydrogen-bond acceptors (Lipinski definition) is 5. The van der Waals surface area contributed by atoms with E-state index in [1.807, 2.05) is 31.2 Å². The highest BCUT2D eigenvalue weighted by atomic mass is 32.2. The molecule has 2 aromatic carbocycles. The largest absolute Gasteiger partial charge is 0.497 e. The van der Waals surface area contributed by atoms with Crippen molar-refractivity contribution in [2.45, 2.75) is 64.1 Å². The van der Waals surface area contributed by atoms with Gasteiger partial charge in [-0.15, -0.1) is 0 Å². The van der Waals surface area contributed by atoms with Crippen molar-refractivity contribution in [2.24, 2.45) is 0 Å². The molecule has 0 radical (unpaired) electrons. The number of benzene rings is 2. The molecule has 0 saturated carbocycles. The van der Waals surface area contributed by atoms with Crippen LogP contribution in [0.25, 0.3) is 0 Å². The number of rotatable bonds is 9. The van der Waals surface area contributed by atoms with Crippen molar-refractivity contribution in [3.63, 3.8) is 0 Å². The van der Waals surface area contributed by atoms with Gasteiger partial charge in [-0.3, -0.25) is 9.10 Å². The van der Waals surface area contributed by atoms with E-state index < -0.39 is 16.1 Å². The number of nitrogens with zero attached hydrogens (tertiary/aromatic N) is 1. The average molecular weight is 475 g/mol. The van der Waals surface area contributed by atoms with Crippen LogP contribution in [-0.4, -0.2) is 39.3 Å². The van der Waals surface area contributed by atoms with E-state index in [0.29, 0.717) is 24.3 Å². The lowest BCUT2D eigenvalue weighted by Crippen LogP contribution is -2.52. The molecule has 0 fully saturated rings. The Labute approximate surface area is 197 Å². The van der Waals surface area contributed by atoms with Gasteiger partial charge >= 0.3 is 0 Å². The Kier molecular flexibility index (Phi) is 7.57. The molecular formula is C25H34N2O5S. The quantitative estimate of drug-likeness (QED) is 0.581. The van der Waals surface area contributed by atoms with E-state index in [-0.39, 0.29) is 17.6 Å². The number of ether oxygens (including phenoxy) is 2. The van der Waals surface area contributed by atoms with Gasteiger partial charge in [0.05, 0.1) is 25.1 Å². The highest BCUT2D eigenvalue weighted by Crippen LogP contribution is 2.42. The lowest BCUT2D eigenvalue weighted by Gasteiger charge is -2.42. The SMILES string of the molecule is CC[C@@H](C(=O)N[C@@H]1CC(CC)(CC)Oc2ccccc21)N(c1ccc(OC)cc1)S(C)(=O)=O. The average Bonchev–Trinajstić information content (AvgIpc) is 2.81. The number of hydrogen-bond donors (Lipinski definition) is 1. The van der Waals surface area contributed by atoms with Crippen molar-refractivity contribution in [2.75, 3.05) is 17.7 Å². The van der Waals surface area contributed by atoms with Crippen LogP contribution in [0.3, 0.4) is 0 Å². The number of fused-ring (bicyclic) bond motifs is 1. The maximum absolute atomic E-state index is 13.5. The number of anilines is 1. The molecule has 0 saturated heterocycles. The summed E-state index contributed by atoms with van der Waals surface area (Å²) in [6.07, 6.45) is 3.69. The van der Waals surface area contributed by atoms with Gasteiger partial charge in [0.1, 0.15) is 23.1 Å². The molecule has 0 unspecified atom stereocenters. The zero-order valence-electron chi connectivity index (χ0n) is 20.0. The van der Waals surface area contributed by atoms with E-state index >= 15 is 0 Å². The van der Waals surface area contributed by atoms with E-state index in [0.717, 1.165) is 30.4 Å². The zero-order valence-corrected chi connectivity index (χ0v) is 20.8. The number of amides is 1. The normalized spacial score (nSPS) is 17.9. The van der Waals surface area contributed by atoms with Gasteiger partial charge in [0, 0.05) is 12.0 Å². The molecule has 2 aromatic rings. The minimum Gasteiger partial charge on any atom is -0.497 e. The molecule has 1 aliphatic rings. The summed E-state index contributed by atoms with van der Waals surface area (Å²) in [5.41, 5.74) is 0.957. The minimum atomic E-state index is -3.72. The summed E-state index contributed by atoms with van der Waals surface area (Å²) in [6, 6.07) is 13.2. The number of nitrogens with one attached hydrogen (secondary N) is 1. The third-order valence-corrected chi connectivity index (χ3v) is 7.64. The van der Waals surface area contributed by atoms with Crippen molar-refractivity contribution in [1.82, 2.24) is 5.32 Å². The van der Waals surface area contributed by atoms with E-state index in [2.05, 4.69) is 19.2 Å². The van der Waals surface area contributed by atoms with Crippen molar-refractivity contribution in [3.8, 4) is 11.5 Å². The van der Waals surface area contributed by atoms with Crippen LogP contribution in [-0.2, 0) is 14.8 Å². The second kappa shape index (κ2) is 10.0. The molecule has 1 heterocycles. The van der Waals surface area contributed by atoms with Crippen LogP contribution >= 0.6 is 0 Å². The molecule has 3 rings (SSSR count). The zero-order chi connectivity index (χ0) is 24.2. The molecule has 0 aromatic heterocycles. The molecule has 2 atom stereocenters. The Morgan fingerprint density at radius 3 is 2.33 bits per heavy atom. The summed E-state index contributed by atoms with van der Waals surface area (Å²) >= 11 is 0. The topological polar surface area (TPSA) is 84.9 Å². The molecule has 1 N–H and O–H groups in total. The molecule has 33 heavy (non-hydrogen) atoms. The number of carbonyl (C=O) groups is 1. The van der Waals surface area contributed by atoms with Gasteiger partial charge in [-0.1, -0.05) is 39.0 Å². The van der Waals surface area contributed by atoms with E-state index in [4.69, 9.17) is 9.47 Å². The summed E-state index contributed by atoms with van der Waals surface area (Å²) in [5, 5.41) is 3.14. The summed E-state index contributed by atoms with van der Waals surface area (Å²) in [7, 11) is -2.17. The maximum atomic E-state index is 13.5. The van der Waals surface area contributed by atoms with Crippen LogP contribution in [0.2, 0.25) is 0 Å². The minimum absolute atomic E-state index is 0.270. The number of carbonyl (C=O) groups excluding carboxylic acids is 1. The highest BCUT2D eigenvalue weighted by molar-refractivity contribution is 7.92. The fraction of sp³-hybridized carbons (Fsp3) is 0.480. The molecule has 7 nitrogen and oxygen atoms in total. The van der Waals surface area contributed by atoms with Gasteiger partial charge in [-0.2, -0.15) is 0 Å². The smallest absolute Gasteiger partial charge is 0.244 e. The van der Waals surface area contributed by atoms with Gasteiger partial charge in [0.25, 0.3) is 0 Å². The van der Waals surface area contributed by atoms with Crippen molar-refractivity contribution >= 4 is 21.6 Å². The van der Waals surface area contributed by atoms with Crippen LogP contribution in [0, 0.1) is 0 Å². The van der Waals surface area contributed by atoms with Crippen molar-refractivity contribution in [3.05, 3.63) is 54.1 Å². The van der Waals surface area contributed by atoms with Gasteiger partial charge in [-0.25, -0.2) is 8.42 Å². The fourth-order valence-corrected chi connectivity index (χ4v) is 5.70. The summed E-state index contributed by atoms with van der Waals surface area (Å²) < 4.78 is 38.3. The summed E-state index contributed by atoms with van der Waals surface area (Å²) in [6.45, 7) is 5.98. The van der Waals surface area contributed by atoms with Crippen molar-refractivity contribution in [1.29, 1.82) is 0 Å². The highest BCUT2D eigenvalue weighted by Gasteiger charge is 2.40. The van der Waals surface area contributed by atoms with Gasteiger partial charge in [0.15, 0.2) is 0 Å². The molecule has 8 heteroatoms. The second-order valence-corrected chi connectivity index (χ2v) is 10.3. The van der Waals surface area contributed by atoms with Crippen molar-refractivity contribution < 1.29 is 22.7 Å². The Morgan fingerprint density at radius 2 is 1.79 bits per heavy atom. The summed E-state index contributed by atoms with van der Waals surface area (Å²) in [4.78, 5) is 13.5. The van der Waals surface area contributed by atoms with Gasteiger partial charge < -0.3 is 14.8 Å². The predicted octanol–water partition coefficient (Wildman–Crippen LogP) is 4.44. The molecule has 180 valence electrons. The Bertz CT molecular complexity index is 1060. The molecule has 0 spiro atoms. The monoisotopic (exact) mass is 474 g/mol. The lowest BCUT2D eigenvalue weighted by molar-refractivity contribution is -0.123. The predicted molar refractivity (Wildman–Crippen MR) is 130 cm³/mol. The van der Waals surface area contributed by atoms with Crippen LogP contribution in [0.5, 0.6) is 11.5 Å². The first-order chi connectivity index (χ1) is 15.7. The first-order valence-corrected chi connectivity index (χ1v) is 13.2. The van der Waals surface area contributed by atoms with E-state index in [1.54, 1.807) is 31.4 Å². The molecule has 1 amide bonds. The fourth-order valence-electron chi connectivity index (χ4n) is 4.49. The lowest BCUT2D eigenvalue weighted by atomic mass is 9.83. The van der Waals surface area contributed by atoms with E-state index in [1.165, 1.54) is 4.31 Å².